The second-order valence-corrected chi connectivity index (χ2v) is 7.00. The Balaban J connectivity index is 1.44. The molecule has 0 aliphatic carbocycles. The Morgan fingerprint density at radius 3 is 2.70 bits per heavy atom. The first-order chi connectivity index (χ1) is 13.1. The molecule has 0 unspecified atom stereocenters. The summed E-state index contributed by atoms with van der Waals surface area (Å²) in [4.78, 5) is 29.9. The molecule has 0 saturated heterocycles. The van der Waals surface area contributed by atoms with Crippen LogP contribution in [0, 0.1) is 0 Å². The summed E-state index contributed by atoms with van der Waals surface area (Å²) in [5, 5.41) is 5.30. The van der Waals surface area contributed by atoms with Gasteiger partial charge in [0.2, 0.25) is 5.91 Å². The van der Waals surface area contributed by atoms with Crippen molar-refractivity contribution in [3.8, 4) is 10.9 Å². The maximum Gasteiger partial charge on any atom is 0.278 e. The molecule has 1 aromatic heterocycles. The van der Waals surface area contributed by atoms with Crippen LogP contribution in [0.4, 0.5) is 11.4 Å². The SMILES string of the molecule is CC(=O)N1CCc2cc(NC(=O)c3ccc(Oc4nccs4)cc3)ccc21. The first kappa shape index (κ1) is 17.2. The Morgan fingerprint density at radius 2 is 2.00 bits per heavy atom. The van der Waals surface area contributed by atoms with Crippen molar-refractivity contribution >= 4 is 34.5 Å². The van der Waals surface area contributed by atoms with Gasteiger partial charge in [-0.2, -0.15) is 0 Å². The van der Waals surface area contributed by atoms with E-state index in [4.69, 9.17) is 4.74 Å². The van der Waals surface area contributed by atoms with Crippen LogP contribution in [-0.2, 0) is 11.2 Å². The summed E-state index contributed by atoms with van der Waals surface area (Å²) in [6.07, 6.45) is 2.47. The van der Waals surface area contributed by atoms with Gasteiger partial charge in [-0.25, -0.2) is 4.98 Å². The number of amides is 2. The lowest BCUT2D eigenvalue weighted by atomic mass is 10.1. The maximum absolute atomic E-state index is 12.5. The van der Waals surface area contributed by atoms with Gasteiger partial charge < -0.3 is 15.0 Å². The highest BCUT2D eigenvalue weighted by Crippen LogP contribution is 2.30. The van der Waals surface area contributed by atoms with Crippen LogP contribution in [0.1, 0.15) is 22.8 Å². The smallest absolute Gasteiger partial charge is 0.278 e. The van der Waals surface area contributed by atoms with E-state index >= 15 is 0 Å². The summed E-state index contributed by atoms with van der Waals surface area (Å²) in [5.74, 6) is 0.464. The number of rotatable bonds is 4. The largest absolute Gasteiger partial charge is 0.431 e. The van der Waals surface area contributed by atoms with Crippen LogP contribution in [0.2, 0.25) is 0 Å². The number of hydrogen-bond acceptors (Lipinski definition) is 5. The van der Waals surface area contributed by atoms with Gasteiger partial charge in [-0.3, -0.25) is 9.59 Å². The van der Waals surface area contributed by atoms with Gasteiger partial charge in [-0.05, 0) is 54.4 Å². The van der Waals surface area contributed by atoms with Gasteiger partial charge in [-0.1, -0.05) is 11.3 Å². The summed E-state index contributed by atoms with van der Waals surface area (Å²) >= 11 is 1.40. The number of nitrogens with zero attached hydrogens (tertiary/aromatic N) is 2. The van der Waals surface area contributed by atoms with Gasteiger partial charge in [0.1, 0.15) is 5.75 Å². The molecular weight excluding hydrogens is 362 g/mol. The van der Waals surface area contributed by atoms with Gasteiger partial charge in [0, 0.05) is 42.0 Å². The van der Waals surface area contributed by atoms with Crippen molar-refractivity contribution in [2.24, 2.45) is 0 Å². The number of aromatic nitrogens is 1. The van der Waals surface area contributed by atoms with Crippen molar-refractivity contribution in [2.75, 3.05) is 16.8 Å². The molecule has 1 aliphatic rings. The molecule has 0 spiro atoms. The fourth-order valence-electron chi connectivity index (χ4n) is 3.05. The van der Waals surface area contributed by atoms with Crippen molar-refractivity contribution in [2.45, 2.75) is 13.3 Å². The second-order valence-electron chi connectivity index (χ2n) is 6.14. The highest BCUT2D eigenvalue weighted by atomic mass is 32.1. The van der Waals surface area contributed by atoms with Crippen LogP contribution in [0.5, 0.6) is 10.9 Å². The van der Waals surface area contributed by atoms with Crippen LogP contribution >= 0.6 is 11.3 Å². The van der Waals surface area contributed by atoms with E-state index in [-0.39, 0.29) is 11.8 Å². The minimum absolute atomic E-state index is 0.0330. The van der Waals surface area contributed by atoms with Crippen LogP contribution < -0.4 is 15.0 Å². The predicted molar refractivity (Wildman–Crippen MR) is 105 cm³/mol. The highest BCUT2D eigenvalue weighted by molar-refractivity contribution is 7.11. The Hall–Kier alpha value is -3.19. The zero-order chi connectivity index (χ0) is 18.8. The summed E-state index contributed by atoms with van der Waals surface area (Å²) in [5.41, 5.74) is 3.24. The van der Waals surface area contributed by atoms with Crippen molar-refractivity contribution in [1.29, 1.82) is 0 Å². The number of carbonyl (C=O) groups is 2. The normalized spacial score (nSPS) is 12.6. The number of fused-ring (bicyclic) bond motifs is 1. The van der Waals surface area contributed by atoms with Gasteiger partial charge in [0.15, 0.2) is 0 Å². The molecular formula is C20H17N3O3S. The third-order valence-corrected chi connectivity index (χ3v) is 4.99. The highest BCUT2D eigenvalue weighted by Gasteiger charge is 2.22. The number of carbonyl (C=O) groups excluding carboxylic acids is 2. The lowest BCUT2D eigenvalue weighted by Crippen LogP contribution is -2.25. The number of anilines is 2. The molecule has 0 atom stereocenters. The van der Waals surface area contributed by atoms with Gasteiger partial charge in [0.25, 0.3) is 11.1 Å². The molecule has 2 amide bonds. The van der Waals surface area contributed by atoms with Crippen molar-refractivity contribution in [3.63, 3.8) is 0 Å². The molecule has 0 bridgehead atoms. The van der Waals surface area contributed by atoms with Gasteiger partial charge in [0.05, 0.1) is 0 Å². The van der Waals surface area contributed by atoms with Gasteiger partial charge in [-0.15, -0.1) is 0 Å². The first-order valence-electron chi connectivity index (χ1n) is 8.50. The number of nitrogens with one attached hydrogen (secondary N) is 1. The zero-order valence-corrected chi connectivity index (χ0v) is 15.5. The molecule has 0 fully saturated rings. The molecule has 0 saturated carbocycles. The Morgan fingerprint density at radius 1 is 1.19 bits per heavy atom. The number of thiazole rings is 1. The Kier molecular flexibility index (Phi) is 4.60. The second kappa shape index (κ2) is 7.20. The van der Waals surface area contributed by atoms with Crippen molar-refractivity contribution < 1.29 is 14.3 Å². The topological polar surface area (TPSA) is 71.5 Å². The maximum atomic E-state index is 12.5. The molecule has 0 radical (unpaired) electrons. The number of ether oxygens (including phenoxy) is 1. The van der Waals surface area contributed by atoms with Crippen molar-refractivity contribution in [3.05, 3.63) is 65.2 Å². The van der Waals surface area contributed by atoms with E-state index in [1.807, 2.05) is 23.6 Å². The lowest BCUT2D eigenvalue weighted by Gasteiger charge is -2.15. The Labute approximate surface area is 160 Å². The molecule has 3 aromatic rings. The van der Waals surface area contributed by atoms with Crippen LogP contribution in [-0.4, -0.2) is 23.3 Å². The van der Waals surface area contributed by atoms with E-state index in [9.17, 15) is 9.59 Å². The Bertz CT molecular complexity index is 984. The van der Waals surface area contributed by atoms with Crippen molar-refractivity contribution in [1.82, 2.24) is 4.98 Å². The van der Waals surface area contributed by atoms with Crippen LogP contribution in [0.3, 0.4) is 0 Å². The molecule has 27 heavy (non-hydrogen) atoms. The minimum atomic E-state index is -0.197. The molecule has 2 heterocycles. The lowest BCUT2D eigenvalue weighted by molar-refractivity contribution is -0.116. The number of benzene rings is 2. The number of hydrogen-bond donors (Lipinski definition) is 1. The summed E-state index contributed by atoms with van der Waals surface area (Å²) in [6.45, 7) is 2.25. The predicted octanol–water partition coefficient (Wildman–Crippen LogP) is 4.10. The standard InChI is InChI=1S/C20H17N3O3S/c1-13(24)23-10-8-15-12-16(4-7-18(15)23)22-19(25)14-2-5-17(6-3-14)26-20-21-9-11-27-20/h2-7,9,11-12H,8,10H2,1H3,(H,22,25). The zero-order valence-electron chi connectivity index (χ0n) is 14.6. The first-order valence-corrected chi connectivity index (χ1v) is 9.38. The third kappa shape index (κ3) is 3.68. The summed E-state index contributed by atoms with van der Waals surface area (Å²) in [7, 11) is 0. The molecule has 6 nitrogen and oxygen atoms in total. The van der Waals surface area contributed by atoms with Gasteiger partial charge >= 0.3 is 0 Å². The average Bonchev–Trinajstić information content (AvgIpc) is 3.31. The van der Waals surface area contributed by atoms with E-state index < -0.39 is 0 Å². The summed E-state index contributed by atoms with van der Waals surface area (Å²) in [6, 6.07) is 12.5. The molecule has 136 valence electrons. The fourth-order valence-corrected chi connectivity index (χ4v) is 3.55. The molecule has 1 N–H and O–H groups in total. The van der Waals surface area contributed by atoms with E-state index in [2.05, 4.69) is 10.3 Å². The van der Waals surface area contributed by atoms with E-state index in [0.29, 0.717) is 28.7 Å². The van der Waals surface area contributed by atoms with E-state index in [1.54, 1.807) is 42.3 Å². The average molecular weight is 379 g/mol. The fraction of sp³-hybridized carbons (Fsp3) is 0.150. The summed E-state index contributed by atoms with van der Waals surface area (Å²) < 4.78 is 5.59. The van der Waals surface area contributed by atoms with E-state index in [1.165, 1.54) is 11.3 Å². The molecule has 7 heteroatoms. The third-order valence-electron chi connectivity index (χ3n) is 4.34. The van der Waals surface area contributed by atoms with Crippen LogP contribution in [0.25, 0.3) is 0 Å². The molecule has 4 rings (SSSR count). The quantitative estimate of drug-likeness (QED) is 0.741. The molecule has 1 aliphatic heterocycles. The van der Waals surface area contributed by atoms with E-state index in [0.717, 1.165) is 17.7 Å². The minimum Gasteiger partial charge on any atom is -0.431 e. The monoisotopic (exact) mass is 379 g/mol. The van der Waals surface area contributed by atoms with Crippen LogP contribution in [0.15, 0.2) is 54.0 Å². The molecule has 2 aromatic carbocycles.